The highest BCUT2D eigenvalue weighted by Gasteiger charge is 2.13. The lowest BCUT2D eigenvalue weighted by molar-refractivity contribution is 0.0526. The Hall–Kier alpha value is -2.08. The minimum absolute atomic E-state index is 0.128. The van der Waals surface area contributed by atoms with E-state index in [2.05, 4.69) is 17.8 Å². The Kier molecular flexibility index (Phi) is 7.25. The van der Waals surface area contributed by atoms with E-state index in [1.807, 2.05) is 12.1 Å². The third-order valence-corrected chi connectivity index (χ3v) is 3.02. The van der Waals surface area contributed by atoms with E-state index >= 15 is 0 Å². The number of nitrogens with one attached hydrogen (secondary N) is 2. The molecule has 0 spiro atoms. The van der Waals surface area contributed by atoms with Crippen molar-refractivity contribution in [3.8, 4) is 0 Å². The van der Waals surface area contributed by atoms with E-state index in [0.717, 1.165) is 24.8 Å². The van der Waals surface area contributed by atoms with Crippen LogP contribution in [0.15, 0.2) is 24.3 Å². The average Bonchev–Trinajstić information content (AvgIpc) is 2.47. The van der Waals surface area contributed by atoms with Gasteiger partial charge in [-0.1, -0.05) is 31.9 Å². The van der Waals surface area contributed by atoms with Gasteiger partial charge in [-0.05, 0) is 31.0 Å². The second kappa shape index (κ2) is 8.97. The number of esters is 1. The SMILES string of the molecule is CCCCC(NNC(=O)O)c1ccc(C(=O)OCC)cc1. The van der Waals surface area contributed by atoms with Gasteiger partial charge in [0, 0.05) is 0 Å². The minimum atomic E-state index is -1.13. The molecule has 0 fully saturated rings. The Bertz CT molecular complexity index is 459. The molecule has 1 aromatic carbocycles. The summed E-state index contributed by atoms with van der Waals surface area (Å²) in [5.74, 6) is -0.356. The number of carbonyl (C=O) groups excluding carboxylic acids is 1. The van der Waals surface area contributed by atoms with Gasteiger partial charge in [0.15, 0.2) is 0 Å². The molecule has 1 unspecified atom stereocenters. The third-order valence-electron chi connectivity index (χ3n) is 3.02. The van der Waals surface area contributed by atoms with Crippen LogP contribution >= 0.6 is 0 Å². The van der Waals surface area contributed by atoms with Crippen LogP contribution in [0.3, 0.4) is 0 Å². The summed E-state index contributed by atoms with van der Waals surface area (Å²) in [6.07, 6.45) is 1.67. The van der Waals surface area contributed by atoms with Crippen molar-refractivity contribution in [3.05, 3.63) is 35.4 Å². The molecule has 0 heterocycles. The van der Waals surface area contributed by atoms with Gasteiger partial charge in [-0.2, -0.15) is 0 Å². The van der Waals surface area contributed by atoms with Crippen molar-refractivity contribution in [2.45, 2.75) is 39.2 Å². The van der Waals surface area contributed by atoms with Gasteiger partial charge in [-0.25, -0.2) is 15.0 Å². The van der Waals surface area contributed by atoms with Crippen LogP contribution in [0, 0.1) is 0 Å². The maximum absolute atomic E-state index is 11.6. The van der Waals surface area contributed by atoms with Crippen LogP contribution in [-0.4, -0.2) is 23.8 Å². The van der Waals surface area contributed by atoms with Crippen LogP contribution in [0.1, 0.15) is 55.1 Å². The maximum Gasteiger partial charge on any atom is 0.419 e. The van der Waals surface area contributed by atoms with Crippen LogP contribution in [0.25, 0.3) is 0 Å². The molecule has 0 radical (unpaired) electrons. The molecule has 116 valence electrons. The summed E-state index contributed by atoms with van der Waals surface area (Å²) in [6.45, 7) is 4.17. The largest absolute Gasteiger partial charge is 0.464 e. The Morgan fingerprint density at radius 3 is 2.43 bits per heavy atom. The summed E-state index contributed by atoms with van der Waals surface area (Å²) in [5, 5.41) is 8.68. The molecule has 3 N–H and O–H groups in total. The van der Waals surface area contributed by atoms with Gasteiger partial charge >= 0.3 is 12.1 Å². The fourth-order valence-electron chi connectivity index (χ4n) is 1.95. The lowest BCUT2D eigenvalue weighted by Gasteiger charge is -2.18. The Labute approximate surface area is 124 Å². The minimum Gasteiger partial charge on any atom is -0.464 e. The molecule has 0 aliphatic heterocycles. The molecular formula is C15H22N2O4. The number of ether oxygens (including phenoxy) is 1. The van der Waals surface area contributed by atoms with Crippen LogP contribution in [0.2, 0.25) is 0 Å². The fraction of sp³-hybridized carbons (Fsp3) is 0.467. The monoisotopic (exact) mass is 294 g/mol. The summed E-state index contributed by atoms with van der Waals surface area (Å²) in [7, 11) is 0. The number of hydrazine groups is 1. The molecule has 6 nitrogen and oxygen atoms in total. The van der Waals surface area contributed by atoms with Crippen LogP contribution in [0.4, 0.5) is 4.79 Å². The molecule has 0 aliphatic rings. The van der Waals surface area contributed by atoms with Crippen LogP contribution in [-0.2, 0) is 4.74 Å². The van der Waals surface area contributed by atoms with E-state index in [-0.39, 0.29) is 12.0 Å². The molecule has 0 aliphatic carbocycles. The number of hydrogen-bond donors (Lipinski definition) is 3. The third kappa shape index (κ3) is 5.83. The van der Waals surface area contributed by atoms with Gasteiger partial charge in [0.2, 0.25) is 0 Å². The van der Waals surface area contributed by atoms with E-state index in [9.17, 15) is 9.59 Å². The van der Waals surface area contributed by atoms with E-state index in [0.29, 0.717) is 12.2 Å². The van der Waals surface area contributed by atoms with Gasteiger partial charge in [0.25, 0.3) is 0 Å². The number of benzene rings is 1. The molecule has 1 aromatic rings. The second-order valence-corrected chi connectivity index (χ2v) is 4.61. The summed E-state index contributed by atoms with van der Waals surface area (Å²) < 4.78 is 4.93. The molecule has 21 heavy (non-hydrogen) atoms. The zero-order valence-electron chi connectivity index (χ0n) is 12.4. The predicted octanol–water partition coefficient (Wildman–Crippen LogP) is 2.87. The molecule has 0 aromatic heterocycles. The maximum atomic E-state index is 11.6. The van der Waals surface area contributed by atoms with E-state index in [1.165, 1.54) is 0 Å². The molecule has 1 rings (SSSR count). The summed E-state index contributed by atoms with van der Waals surface area (Å²) in [4.78, 5) is 22.2. The average molecular weight is 294 g/mol. The first-order valence-corrected chi connectivity index (χ1v) is 7.10. The Morgan fingerprint density at radius 1 is 1.24 bits per heavy atom. The van der Waals surface area contributed by atoms with Crippen molar-refractivity contribution < 1.29 is 19.4 Å². The van der Waals surface area contributed by atoms with Gasteiger partial charge in [0.05, 0.1) is 18.2 Å². The molecule has 1 amide bonds. The van der Waals surface area contributed by atoms with Crippen molar-refractivity contribution >= 4 is 12.1 Å². The first-order valence-electron chi connectivity index (χ1n) is 7.10. The molecule has 0 saturated heterocycles. The molecule has 0 bridgehead atoms. The van der Waals surface area contributed by atoms with Crippen LogP contribution in [0.5, 0.6) is 0 Å². The highest BCUT2D eigenvalue weighted by Crippen LogP contribution is 2.19. The molecule has 1 atom stereocenters. The smallest absolute Gasteiger partial charge is 0.419 e. The molecule has 6 heteroatoms. The predicted molar refractivity (Wildman–Crippen MR) is 79.0 cm³/mol. The Balaban J connectivity index is 2.76. The number of carboxylic acid groups (broad SMARTS) is 1. The number of carbonyl (C=O) groups is 2. The van der Waals surface area contributed by atoms with E-state index < -0.39 is 6.09 Å². The summed E-state index contributed by atoms with van der Waals surface area (Å²) in [6, 6.07) is 6.87. The van der Waals surface area contributed by atoms with Crippen molar-refractivity contribution in [3.63, 3.8) is 0 Å². The molecule has 0 saturated carbocycles. The molecular weight excluding hydrogens is 272 g/mol. The van der Waals surface area contributed by atoms with Gasteiger partial charge in [-0.15, -0.1) is 0 Å². The highest BCUT2D eigenvalue weighted by molar-refractivity contribution is 5.89. The van der Waals surface area contributed by atoms with Gasteiger partial charge in [0.1, 0.15) is 0 Å². The fourth-order valence-corrected chi connectivity index (χ4v) is 1.95. The van der Waals surface area contributed by atoms with E-state index in [1.54, 1.807) is 19.1 Å². The van der Waals surface area contributed by atoms with Crippen molar-refractivity contribution in [1.82, 2.24) is 10.9 Å². The first kappa shape index (κ1) is 17.0. The van der Waals surface area contributed by atoms with Gasteiger partial charge in [-0.3, -0.25) is 5.43 Å². The summed E-state index contributed by atoms with van der Waals surface area (Å²) in [5.41, 5.74) is 6.37. The first-order chi connectivity index (χ1) is 10.1. The standard InChI is InChI=1S/C15H22N2O4/c1-3-5-6-13(16-17-15(19)20)11-7-9-12(10-8-11)14(18)21-4-2/h7-10,13,16-17H,3-6H2,1-2H3,(H,19,20). The number of hydrogen-bond acceptors (Lipinski definition) is 4. The van der Waals surface area contributed by atoms with Crippen molar-refractivity contribution in [1.29, 1.82) is 0 Å². The zero-order valence-corrected chi connectivity index (χ0v) is 12.4. The Morgan fingerprint density at radius 2 is 1.90 bits per heavy atom. The number of rotatable bonds is 8. The quantitative estimate of drug-likeness (QED) is 0.507. The number of amides is 1. The normalized spacial score (nSPS) is 11.7. The summed E-state index contributed by atoms with van der Waals surface area (Å²) >= 11 is 0. The highest BCUT2D eigenvalue weighted by atomic mass is 16.5. The second-order valence-electron chi connectivity index (χ2n) is 4.61. The van der Waals surface area contributed by atoms with Crippen LogP contribution < -0.4 is 10.9 Å². The van der Waals surface area contributed by atoms with E-state index in [4.69, 9.17) is 9.84 Å². The number of unbranched alkanes of at least 4 members (excludes halogenated alkanes) is 1. The zero-order chi connectivity index (χ0) is 15.7. The lowest BCUT2D eigenvalue weighted by atomic mass is 10.0. The lowest BCUT2D eigenvalue weighted by Crippen LogP contribution is -2.39. The van der Waals surface area contributed by atoms with Crippen molar-refractivity contribution in [2.75, 3.05) is 6.61 Å². The van der Waals surface area contributed by atoms with Crippen molar-refractivity contribution in [2.24, 2.45) is 0 Å². The topological polar surface area (TPSA) is 87.7 Å². The van der Waals surface area contributed by atoms with Gasteiger partial charge < -0.3 is 9.84 Å².